The van der Waals surface area contributed by atoms with E-state index in [1.807, 2.05) is 0 Å². The molecule has 0 radical (unpaired) electrons. The highest BCUT2D eigenvalue weighted by Crippen LogP contribution is 2.02. The van der Waals surface area contributed by atoms with Gasteiger partial charge in [0.05, 0.1) is 10.2 Å². The van der Waals surface area contributed by atoms with Crippen LogP contribution in [0.2, 0.25) is 0 Å². The Hall–Kier alpha value is -0.100. The number of ether oxygens (including phenoxy) is 1. The summed E-state index contributed by atoms with van der Waals surface area (Å²) in [6.45, 7) is 3.24. The molecule has 9 heavy (non-hydrogen) atoms. The Morgan fingerprint density at radius 1 is 1.78 bits per heavy atom. The van der Waals surface area contributed by atoms with Gasteiger partial charge in [0.15, 0.2) is 0 Å². The van der Waals surface area contributed by atoms with Crippen LogP contribution in [0.15, 0.2) is 10.2 Å². The zero-order valence-electron chi connectivity index (χ0n) is 4.76. The van der Waals surface area contributed by atoms with Gasteiger partial charge in [-0.3, -0.25) is 0 Å². The third-order valence-corrected chi connectivity index (χ3v) is 0.986. The zero-order valence-corrected chi connectivity index (χ0v) is 6.92. The molecule has 0 aliphatic rings. The second-order valence-corrected chi connectivity index (χ2v) is 2.57. The third kappa shape index (κ3) is 4.41. The number of aliphatic hydroxyl groups is 1. The molecule has 4 heteroatoms. The molecule has 0 aromatic carbocycles. The van der Waals surface area contributed by atoms with Crippen molar-refractivity contribution in [1.82, 2.24) is 0 Å². The first-order chi connectivity index (χ1) is 4.18. The average Bonchev–Trinajstić information content (AvgIpc) is 1.82. The molecule has 0 spiro atoms. The minimum absolute atomic E-state index is 0.0425. The number of halogens is 1. The lowest BCUT2D eigenvalue weighted by molar-refractivity contribution is -0.138. The van der Waals surface area contributed by atoms with Crippen molar-refractivity contribution in [3.05, 3.63) is 10.2 Å². The second-order valence-electron chi connectivity index (χ2n) is 1.26. The number of aliphatic hydroxyl groups excluding tert-OH is 1. The number of carbonyl (C=O) groups excluding carboxylic acids is 1. The van der Waals surface area contributed by atoms with Gasteiger partial charge in [-0.1, -0.05) is 6.58 Å². The van der Waals surface area contributed by atoms with Crippen LogP contribution in [0.3, 0.4) is 0 Å². The fourth-order valence-electron chi connectivity index (χ4n) is 0.217. The van der Waals surface area contributed by atoms with E-state index in [0.29, 0.717) is 3.58 Å². The van der Waals surface area contributed by atoms with E-state index in [4.69, 9.17) is 5.11 Å². The van der Waals surface area contributed by atoms with Crippen LogP contribution in [0, 0.1) is 0 Å². The van der Waals surface area contributed by atoms with E-state index in [0.717, 1.165) is 0 Å². The summed E-state index contributed by atoms with van der Waals surface area (Å²) in [7, 11) is 0. The molecule has 0 aromatic heterocycles. The molecule has 0 fully saturated rings. The maximum absolute atomic E-state index is 10.5. The van der Waals surface area contributed by atoms with E-state index in [1.54, 1.807) is 22.6 Å². The summed E-state index contributed by atoms with van der Waals surface area (Å²) in [5.41, 5.74) is 0. The number of rotatable bonds is 3. The van der Waals surface area contributed by atoms with Crippen LogP contribution in [0.1, 0.15) is 0 Å². The maximum atomic E-state index is 10.5. The van der Waals surface area contributed by atoms with Crippen molar-refractivity contribution in [2.75, 3.05) is 13.2 Å². The molecule has 0 atom stereocenters. The molecular formula is C5H7IO3. The molecule has 0 rings (SSSR count). The van der Waals surface area contributed by atoms with Crippen LogP contribution in [0.5, 0.6) is 0 Å². The van der Waals surface area contributed by atoms with Crippen LogP contribution >= 0.6 is 22.6 Å². The van der Waals surface area contributed by atoms with E-state index in [-0.39, 0.29) is 13.2 Å². The molecule has 0 aliphatic heterocycles. The maximum Gasteiger partial charge on any atom is 0.343 e. The Morgan fingerprint density at radius 2 is 2.33 bits per heavy atom. The molecule has 0 bridgehead atoms. The van der Waals surface area contributed by atoms with Crippen molar-refractivity contribution in [2.24, 2.45) is 0 Å². The summed E-state index contributed by atoms with van der Waals surface area (Å²) >= 11 is 1.76. The van der Waals surface area contributed by atoms with Crippen LogP contribution in [0.25, 0.3) is 0 Å². The van der Waals surface area contributed by atoms with E-state index in [1.165, 1.54) is 0 Å². The standard InChI is InChI=1S/C5H7IO3/c1-4(6)5(8)9-3-2-7/h7H,1-3H2. The highest BCUT2D eigenvalue weighted by Gasteiger charge is 2.01. The summed E-state index contributed by atoms with van der Waals surface area (Å²) in [6, 6.07) is 0. The van der Waals surface area contributed by atoms with Crippen molar-refractivity contribution in [1.29, 1.82) is 0 Å². The summed E-state index contributed by atoms with van der Waals surface area (Å²) in [6.07, 6.45) is 0. The Labute approximate surface area is 66.8 Å². The van der Waals surface area contributed by atoms with Gasteiger partial charge in [0.25, 0.3) is 0 Å². The Balaban J connectivity index is 3.39. The fraction of sp³-hybridized carbons (Fsp3) is 0.400. The van der Waals surface area contributed by atoms with E-state index >= 15 is 0 Å². The zero-order chi connectivity index (χ0) is 7.28. The number of esters is 1. The van der Waals surface area contributed by atoms with E-state index in [2.05, 4.69) is 11.3 Å². The predicted octanol–water partition coefficient (Wildman–Crippen LogP) is 0.471. The molecule has 0 heterocycles. The quantitative estimate of drug-likeness (QED) is 0.444. The highest BCUT2D eigenvalue weighted by atomic mass is 127. The smallest absolute Gasteiger partial charge is 0.343 e. The first-order valence-corrected chi connectivity index (χ1v) is 3.38. The summed E-state index contributed by atoms with van der Waals surface area (Å²) < 4.78 is 4.78. The van der Waals surface area contributed by atoms with E-state index in [9.17, 15) is 4.79 Å². The molecule has 0 aromatic rings. The van der Waals surface area contributed by atoms with Gasteiger partial charge in [0.2, 0.25) is 0 Å². The summed E-state index contributed by atoms with van der Waals surface area (Å²) in [4.78, 5) is 10.5. The third-order valence-electron chi connectivity index (χ3n) is 0.546. The van der Waals surface area contributed by atoms with E-state index < -0.39 is 5.97 Å². The molecule has 0 saturated heterocycles. The molecule has 52 valence electrons. The lowest BCUT2D eigenvalue weighted by atomic mass is 10.6. The Morgan fingerprint density at radius 3 is 2.67 bits per heavy atom. The average molecular weight is 242 g/mol. The first kappa shape index (κ1) is 8.90. The van der Waals surface area contributed by atoms with Gasteiger partial charge in [0.1, 0.15) is 6.61 Å². The van der Waals surface area contributed by atoms with Crippen molar-refractivity contribution < 1.29 is 14.6 Å². The van der Waals surface area contributed by atoms with Gasteiger partial charge in [0, 0.05) is 0 Å². The number of hydrogen-bond acceptors (Lipinski definition) is 3. The van der Waals surface area contributed by atoms with Crippen molar-refractivity contribution in [3.8, 4) is 0 Å². The van der Waals surface area contributed by atoms with Gasteiger partial charge < -0.3 is 9.84 Å². The lowest BCUT2D eigenvalue weighted by Crippen LogP contribution is -2.07. The fourth-order valence-corrected chi connectivity index (χ4v) is 0.372. The number of hydrogen-bond donors (Lipinski definition) is 1. The molecular weight excluding hydrogens is 235 g/mol. The minimum atomic E-state index is -0.468. The first-order valence-electron chi connectivity index (χ1n) is 2.31. The van der Waals surface area contributed by atoms with Crippen LogP contribution in [-0.4, -0.2) is 24.3 Å². The SMILES string of the molecule is C=C(I)C(=O)OCCO. The van der Waals surface area contributed by atoms with Gasteiger partial charge in [-0.2, -0.15) is 0 Å². The summed E-state index contributed by atoms with van der Waals surface area (Å²) in [5.74, 6) is -0.468. The molecule has 0 amide bonds. The molecule has 3 nitrogen and oxygen atoms in total. The summed E-state index contributed by atoms with van der Waals surface area (Å²) in [5, 5.41) is 8.19. The molecule has 0 aliphatic carbocycles. The van der Waals surface area contributed by atoms with Crippen molar-refractivity contribution in [3.63, 3.8) is 0 Å². The van der Waals surface area contributed by atoms with Crippen LogP contribution < -0.4 is 0 Å². The minimum Gasteiger partial charge on any atom is -0.459 e. The van der Waals surface area contributed by atoms with Gasteiger partial charge in [-0.05, 0) is 22.6 Å². The molecule has 0 saturated carbocycles. The Kier molecular flexibility index (Phi) is 4.70. The monoisotopic (exact) mass is 242 g/mol. The van der Waals surface area contributed by atoms with Crippen molar-refractivity contribution in [2.45, 2.75) is 0 Å². The van der Waals surface area contributed by atoms with Crippen LogP contribution in [0.4, 0.5) is 0 Å². The Bertz CT molecular complexity index is 121. The van der Waals surface area contributed by atoms with Crippen molar-refractivity contribution >= 4 is 28.6 Å². The topological polar surface area (TPSA) is 46.5 Å². The number of carbonyl (C=O) groups is 1. The van der Waals surface area contributed by atoms with Gasteiger partial charge >= 0.3 is 5.97 Å². The normalized spacial score (nSPS) is 8.67. The van der Waals surface area contributed by atoms with Crippen LogP contribution in [-0.2, 0) is 9.53 Å². The second kappa shape index (κ2) is 4.75. The highest BCUT2D eigenvalue weighted by molar-refractivity contribution is 14.1. The lowest BCUT2D eigenvalue weighted by Gasteiger charge is -1.98. The van der Waals surface area contributed by atoms with Gasteiger partial charge in [-0.15, -0.1) is 0 Å². The largest absolute Gasteiger partial charge is 0.459 e. The van der Waals surface area contributed by atoms with Gasteiger partial charge in [-0.25, -0.2) is 4.79 Å². The molecule has 1 N–H and O–H groups in total. The predicted molar refractivity (Wildman–Crippen MR) is 41.2 cm³/mol. The molecule has 0 unspecified atom stereocenters.